The monoisotopic (exact) mass is 346 g/mol. The van der Waals surface area contributed by atoms with E-state index in [-0.39, 0.29) is 5.91 Å². The number of rotatable bonds is 5. The van der Waals surface area contributed by atoms with Gasteiger partial charge in [-0.15, -0.1) is 11.3 Å². The Balaban J connectivity index is 1.82. The van der Waals surface area contributed by atoms with E-state index in [1.807, 2.05) is 25.1 Å². The van der Waals surface area contributed by atoms with Gasteiger partial charge in [-0.1, -0.05) is 17.4 Å². The summed E-state index contributed by atoms with van der Waals surface area (Å²) in [5.41, 5.74) is 0.946. The minimum atomic E-state index is -0.133. The first kappa shape index (κ1) is 15.9. The molecule has 0 saturated carbocycles. The first-order valence-corrected chi connectivity index (χ1v) is 9.14. The smallest absolute Gasteiger partial charge is 0.267 e. The van der Waals surface area contributed by atoms with Crippen molar-refractivity contribution in [2.24, 2.45) is 0 Å². The van der Waals surface area contributed by atoms with E-state index in [1.54, 1.807) is 17.5 Å². The topological polar surface area (TPSA) is 58.1 Å². The van der Waals surface area contributed by atoms with Gasteiger partial charge in [0.15, 0.2) is 5.13 Å². The summed E-state index contributed by atoms with van der Waals surface area (Å²) in [6.07, 6.45) is 1.67. The van der Waals surface area contributed by atoms with Crippen LogP contribution >= 0.6 is 22.7 Å². The highest BCUT2D eigenvalue weighted by Gasteiger charge is 2.16. The average Bonchev–Trinajstić information content (AvgIpc) is 3.10. The molecule has 120 valence electrons. The molecule has 3 heterocycles. The van der Waals surface area contributed by atoms with Gasteiger partial charge < -0.3 is 10.2 Å². The second kappa shape index (κ2) is 6.64. The van der Waals surface area contributed by atoms with Crippen LogP contribution < -0.4 is 10.2 Å². The SMILES string of the molecule is CCN(CC)c1nc2sc(C(=O)Nc3ncccc3C)cc2s1. The number of aromatic nitrogens is 2. The van der Waals surface area contributed by atoms with E-state index >= 15 is 0 Å². The summed E-state index contributed by atoms with van der Waals surface area (Å²) >= 11 is 3.05. The van der Waals surface area contributed by atoms with Gasteiger partial charge in [0.25, 0.3) is 5.91 Å². The van der Waals surface area contributed by atoms with Gasteiger partial charge in [0.05, 0.1) is 9.58 Å². The lowest BCUT2D eigenvalue weighted by Gasteiger charge is -2.16. The number of nitrogens with zero attached hydrogens (tertiary/aromatic N) is 3. The minimum Gasteiger partial charge on any atom is -0.349 e. The van der Waals surface area contributed by atoms with Gasteiger partial charge in [0, 0.05) is 19.3 Å². The predicted octanol–water partition coefficient (Wildman–Crippen LogP) is 4.16. The second-order valence-electron chi connectivity index (χ2n) is 5.07. The number of carbonyl (C=O) groups excluding carboxylic acids is 1. The van der Waals surface area contributed by atoms with E-state index in [9.17, 15) is 4.79 Å². The molecular formula is C16H18N4OS2. The van der Waals surface area contributed by atoms with Crippen molar-refractivity contribution in [3.63, 3.8) is 0 Å². The number of aryl methyl sites for hydroxylation is 1. The average molecular weight is 346 g/mol. The molecule has 1 N–H and O–H groups in total. The standard InChI is InChI=1S/C16H18N4OS2/c1-4-20(5-2)16-19-15-12(23-16)9-11(22-15)14(21)18-13-10(3)7-6-8-17-13/h6-9H,4-5H2,1-3H3,(H,17,18,21). The molecular weight excluding hydrogens is 328 g/mol. The van der Waals surface area contributed by atoms with E-state index < -0.39 is 0 Å². The number of carbonyl (C=O) groups is 1. The van der Waals surface area contributed by atoms with Gasteiger partial charge in [-0.05, 0) is 38.5 Å². The molecule has 3 rings (SSSR count). The highest BCUT2D eigenvalue weighted by molar-refractivity contribution is 7.29. The van der Waals surface area contributed by atoms with E-state index in [0.717, 1.165) is 33.3 Å². The van der Waals surface area contributed by atoms with Crippen LogP contribution in [0.15, 0.2) is 24.4 Å². The molecule has 3 aromatic heterocycles. The van der Waals surface area contributed by atoms with E-state index in [2.05, 4.69) is 34.0 Å². The summed E-state index contributed by atoms with van der Waals surface area (Å²) in [6, 6.07) is 5.69. The molecule has 0 saturated heterocycles. The molecule has 0 atom stereocenters. The summed E-state index contributed by atoms with van der Waals surface area (Å²) in [7, 11) is 0. The lowest BCUT2D eigenvalue weighted by molar-refractivity contribution is 0.103. The van der Waals surface area contributed by atoms with Gasteiger partial charge >= 0.3 is 0 Å². The zero-order valence-corrected chi connectivity index (χ0v) is 14.9. The zero-order chi connectivity index (χ0) is 16.4. The predicted molar refractivity (Wildman–Crippen MR) is 98.0 cm³/mol. The molecule has 7 heteroatoms. The molecule has 3 aromatic rings. The Morgan fingerprint density at radius 3 is 2.74 bits per heavy atom. The van der Waals surface area contributed by atoms with Crippen LogP contribution in [0.1, 0.15) is 29.1 Å². The van der Waals surface area contributed by atoms with Gasteiger partial charge in [-0.2, -0.15) is 0 Å². The summed E-state index contributed by atoms with van der Waals surface area (Å²) < 4.78 is 1.06. The summed E-state index contributed by atoms with van der Waals surface area (Å²) in [5, 5.41) is 3.88. The zero-order valence-electron chi connectivity index (χ0n) is 13.3. The fourth-order valence-corrected chi connectivity index (χ4v) is 4.48. The fourth-order valence-electron chi connectivity index (χ4n) is 2.25. The Labute approximate surface area is 143 Å². The lowest BCUT2D eigenvalue weighted by atomic mass is 10.3. The maximum absolute atomic E-state index is 12.4. The van der Waals surface area contributed by atoms with Crippen LogP contribution in [0.2, 0.25) is 0 Å². The third-order valence-corrected chi connectivity index (χ3v) is 5.80. The van der Waals surface area contributed by atoms with Crippen LogP contribution in [-0.2, 0) is 0 Å². The first-order chi connectivity index (χ1) is 11.1. The summed E-state index contributed by atoms with van der Waals surface area (Å²) in [6.45, 7) is 8.03. The number of thiazole rings is 1. The quantitative estimate of drug-likeness (QED) is 0.753. The maximum Gasteiger partial charge on any atom is 0.267 e. The Kier molecular flexibility index (Phi) is 4.58. The molecule has 0 fully saturated rings. The normalized spacial score (nSPS) is 10.9. The Hall–Kier alpha value is -1.99. The van der Waals surface area contributed by atoms with Crippen LogP contribution in [0.5, 0.6) is 0 Å². The number of hydrogen-bond acceptors (Lipinski definition) is 6. The fraction of sp³-hybridized carbons (Fsp3) is 0.312. The number of amides is 1. The largest absolute Gasteiger partial charge is 0.349 e. The lowest BCUT2D eigenvalue weighted by Crippen LogP contribution is -2.21. The van der Waals surface area contributed by atoms with Gasteiger partial charge in [0.2, 0.25) is 0 Å². The Morgan fingerprint density at radius 1 is 1.30 bits per heavy atom. The molecule has 0 bridgehead atoms. The number of hydrogen-bond donors (Lipinski definition) is 1. The van der Waals surface area contributed by atoms with Crippen LogP contribution in [0.4, 0.5) is 10.9 Å². The van der Waals surface area contributed by atoms with Crippen molar-refractivity contribution in [1.29, 1.82) is 0 Å². The number of fused-ring (bicyclic) bond motifs is 1. The highest BCUT2D eigenvalue weighted by Crippen LogP contribution is 2.34. The van der Waals surface area contributed by atoms with Crippen molar-refractivity contribution >= 4 is 49.1 Å². The third-order valence-electron chi connectivity index (χ3n) is 3.58. The summed E-state index contributed by atoms with van der Waals surface area (Å²) in [4.78, 5) is 25.0. The minimum absolute atomic E-state index is 0.133. The molecule has 5 nitrogen and oxygen atoms in total. The van der Waals surface area contributed by atoms with Gasteiger partial charge in [0.1, 0.15) is 10.6 Å². The number of nitrogens with one attached hydrogen (secondary N) is 1. The van der Waals surface area contributed by atoms with E-state index in [4.69, 9.17) is 0 Å². The first-order valence-electron chi connectivity index (χ1n) is 7.50. The molecule has 0 aromatic carbocycles. The van der Waals surface area contributed by atoms with E-state index in [1.165, 1.54) is 11.3 Å². The molecule has 0 aliphatic carbocycles. The van der Waals surface area contributed by atoms with Crippen LogP contribution in [0, 0.1) is 6.92 Å². The van der Waals surface area contributed by atoms with E-state index in [0.29, 0.717) is 10.7 Å². The van der Waals surface area contributed by atoms with Crippen molar-refractivity contribution in [1.82, 2.24) is 9.97 Å². The van der Waals surface area contributed by atoms with Crippen molar-refractivity contribution in [3.05, 3.63) is 34.8 Å². The molecule has 0 radical (unpaired) electrons. The molecule has 23 heavy (non-hydrogen) atoms. The van der Waals surface area contributed by atoms with Crippen molar-refractivity contribution in [3.8, 4) is 0 Å². The molecule has 0 unspecified atom stereocenters. The Bertz CT molecular complexity index is 804. The van der Waals surface area contributed by atoms with Crippen LogP contribution in [0.25, 0.3) is 9.53 Å². The van der Waals surface area contributed by atoms with Gasteiger partial charge in [-0.3, -0.25) is 4.79 Å². The number of pyridine rings is 1. The molecule has 0 aliphatic rings. The maximum atomic E-state index is 12.4. The van der Waals surface area contributed by atoms with Crippen molar-refractivity contribution in [2.75, 3.05) is 23.3 Å². The second-order valence-corrected chi connectivity index (χ2v) is 7.11. The van der Waals surface area contributed by atoms with Crippen LogP contribution in [-0.4, -0.2) is 29.0 Å². The Morgan fingerprint density at radius 2 is 2.09 bits per heavy atom. The molecule has 1 amide bonds. The molecule has 0 spiro atoms. The van der Waals surface area contributed by atoms with Gasteiger partial charge in [-0.25, -0.2) is 9.97 Å². The number of anilines is 2. The molecule has 0 aliphatic heterocycles. The number of thiophene rings is 1. The van der Waals surface area contributed by atoms with Crippen LogP contribution in [0.3, 0.4) is 0 Å². The third kappa shape index (κ3) is 3.20. The summed E-state index contributed by atoms with van der Waals surface area (Å²) in [5.74, 6) is 0.470. The van der Waals surface area contributed by atoms with Crippen molar-refractivity contribution in [2.45, 2.75) is 20.8 Å². The highest BCUT2D eigenvalue weighted by atomic mass is 32.1. The van der Waals surface area contributed by atoms with Crippen molar-refractivity contribution < 1.29 is 4.79 Å².